The maximum Gasteiger partial charge on any atom is 0.140 e. The average molecular weight is 245 g/mol. The minimum Gasteiger partial charge on any atom is -0.461 e. The van der Waals surface area contributed by atoms with Crippen LogP contribution in [0.1, 0.15) is 5.76 Å². The van der Waals surface area contributed by atoms with Gasteiger partial charge in [0.05, 0.1) is 5.52 Å². The minimum absolute atomic E-state index is 0.458. The second kappa shape index (κ2) is 3.86. The molecule has 0 amide bonds. The summed E-state index contributed by atoms with van der Waals surface area (Å²) in [6, 6.07) is 9.69. The van der Waals surface area contributed by atoms with Gasteiger partial charge in [-0.1, -0.05) is 11.6 Å². The van der Waals surface area contributed by atoms with Gasteiger partial charge in [-0.2, -0.15) is 0 Å². The van der Waals surface area contributed by atoms with Gasteiger partial charge in [0.2, 0.25) is 0 Å². The third kappa shape index (κ3) is 1.78. The molecule has 0 fully saturated rings. The molecule has 3 nitrogen and oxygen atoms in total. The third-order valence-corrected chi connectivity index (χ3v) is 2.91. The van der Waals surface area contributed by atoms with E-state index in [1.807, 2.05) is 37.3 Å². The molecule has 84 valence electrons. The normalized spacial score (nSPS) is 10.9. The Balaban J connectivity index is 2.22. The summed E-state index contributed by atoms with van der Waals surface area (Å²) in [6.45, 7) is 1.92. The number of aromatic nitrogens is 2. The Labute approximate surface area is 103 Å². The van der Waals surface area contributed by atoms with Crippen LogP contribution in [0, 0.1) is 6.92 Å². The molecule has 0 radical (unpaired) electrons. The molecule has 17 heavy (non-hydrogen) atoms. The quantitative estimate of drug-likeness (QED) is 0.611. The lowest BCUT2D eigenvalue weighted by molar-refractivity contribution is 0.548. The second-order valence-corrected chi connectivity index (χ2v) is 4.16. The van der Waals surface area contributed by atoms with E-state index >= 15 is 0 Å². The first-order valence-corrected chi connectivity index (χ1v) is 5.59. The Morgan fingerprint density at radius 2 is 2.00 bits per heavy atom. The first-order valence-electron chi connectivity index (χ1n) is 5.21. The monoisotopic (exact) mass is 244 g/mol. The molecule has 0 unspecified atom stereocenters. The summed E-state index contributed by atoms with van der Waals surface area (Å²) in [5.41, 5.74) is 1.80. The molecule has 0 saturated heterocycles. The van der Waals surface area contributed by atoms with Gasteiger partial charge in [-0.25, -0.2) is 9.97 Å². The molecule has 0 aliphatic heterocycles. The van der Waals surface area contributed by atoms with Gasteiger partial charge < -0.3 is 4.42 Å². The van der Waals surface area contributed by atoms with Crippen molar-refractivity contribution in [3.05, 3.63) is 47.6 Å². The summed E-state index contributed by atoms with van der Waals surface area (Å²) in [4.78, 5) is 8.13. The van der Waals surface area contributed by atoms with E-state index in [4.69, 9.17) is 16.0 Å². The van der Waals surface area contributed by atoms with Crippen molar-refractivity contribution in [3.8, 4) is 11.3 Å². The highest BCUT2D eigenvalue weighted by atomic mass is 35.5. The summed E-state index contributed by atoms with van der Waals surface area (Å²) in [6.07, 6.45) is 1.46. The fourth-order valence-corrected chi connectivity index (χ4v) is 1.96. The maximum atomic E-state index is 6.04. The summed E-state index contributed by atoms with van der Waals surface area (Å²) < 4.78 is 5.57. The predicted octanol–water partition coefficient (Wildman–Crippen LogP) is 3.85. The fourth-order valence-electron chi connectivity index (χ4n) is 1.77. The van der Waals surface area contributed by atoms with Gasteiger partial charge in [0.1, 0.15) is 23.0 Å². The summed E-state index contributed by atoms with van der Waals surface area (Å²) in [5.74, 6) is 1.71. The molecule has 0 aliphatic carbocycles. The number of hydrogen-bond donors (Lipinski definition) is 0. The Hall–Kier alpha value is -1.87. The molecule has 4 heteroatoms. The third-order valence-electron chi connectivity index (χ3n) is 2.61. The highest BCUT2D eigenvalue weighted by Gasteiger charge is 2.06. The van der Waals surface area contributed by atoms with Crippen molar-refractivity contribution in [1.82, 2.24) is 9.97 Å². The van der Waals surface area contributed by atoms with Gasteiger partial charge in [0.25, 0.3) is 0 Å². The number of fused-ring (bicyclic) bond motifs is 1. The topological polar surface area (TPSA) is 38.9 Å². The van der Waals surface area contributed by atoms with Crippen molar-refractivity contribution >= 4 is 22.5 Å². The highest BCUT2D eigenvalue weighted by Crippen LogP contribution is 2.27. The molecule has 0 spiro atoms. The van der Waals surface area contributed by atoms with Crippen LogP contribution in [0.25, 0.3) is 22.2 Å². The molecule has 1 aromatic carbocycles. The molecule has 0 aliphatic rings. The maximum absolute atomic E-state index is 6.04. The zero-order valence-corrected chi connectivity index (χ0v) is 9.90. The van der Waals surface area contributed by atoms with E-state index in [2.05, 4.69) is 9.97 Å². The van der Waals surface area contributed by atoms with Crippen molar-refractivity contribution in [2.45, 2.75) is 6.92 Å². The number of aryl methyl sites for hydroxylation is 1. The summed E-state index contributed by atoms with van der Waals surface area (Å²) in [5, 5.41) is 1.29. The summed E-state index contributed by atoms with van der Waals surface area (Å²) >= 11 is 6.04. The molecule has 2 aromatic heterocycles. The number of nitrogens with zero attached hydrogens (tertiary/aromatic N) is 2. The zero-order valence-electron chi connectivity index (χ0n) is 9.14. The van der Waals surface area contributed by atoms with Crippen LogP contribution in [-0.2, 0) is 0 Å². The van der Waals surface area contributed by atoms with E-state index in [-0.39, 0.29) is 0 Å². The molecule has 0 atom stereocenters. The lowest BCUT2D eigenvalue weighted by Gasteiger charge is -2.01. The molecule has 0 saturated carbocycles. The van der Waals surface area contributed by atoms with Gasteiger partial charge >= 0.3 is 0 Å². The Kier molecular flexibility index (Phi) is 2.34. The van der Waals surface area contributed by atoms with Gasteiger partial charge in [0, 0.05) is 10.9 Å². The number of benzene rings is 1. The van der Waals surface area contributed by atoms with Crippen molar-refractivity contribution in [1.29, 1.82) is 0 Å². The summed E-state index contributed by atoms with van der Waals surface area (Å²) in [7, 11) is 0. The molecular weight excluding hydrogens is 236 g/mol. The van der Waals surface area contributed by atoms with Gasteiger partial charge in [-0.05, 0) is 37.3 Å². The van der Waals surface area contributed by atoms with Crippen molar-refractivity contribution in [3.63, 3.8) is 0 Å². The van der Waals surface area contributed by atoms with E-state index in [0.29, 0.717) is 5.15 Å². The average Bonchev–Trinajstić information content (AvgIpc) is 2.76. The van der Waals surface area contributed by atoms with Crippen molar-refractivity contribution in [2.24, 2.45) is 0 Å². The number of halogens is 1. The zero-order chi connectivity index (χ0) is 11.8. The van der Waals surface area contributed by atoms with Crippen LogP contribution in [-0.4, -0.2) is 9.97 Å². The lowest BCUT2D eigenvalue weighted by atomic mass is 10.1. The molecular formula is C13H9ClN2O. The van der Waals surface area contributed by atoms with E-state index in [1.165, 1.54) is 6.33 Å². The van der Waals surface area contributed by atoms with Crippen LogP contribution < -0.4 is 0 Å². The van der Waals surface area contributed by atoms with Crippen molar-refractivity contribution < 1.29 is 4.42 Å². The van der Waals surface area contributed by atoms with Crippen LogP contribution in [0.15, 0.2) is 41.1 Å². The van der Waals surface area contributed by atoms with E-state index in [0.717, 1.165) is 28.0 Å². The van der Waals surface area contributed by atoms with Crippen LogP contribution in [0.5, 0.6) is 0 Å². The minimum atomic E-state index is 0.458. The standard InChI is InChI=1S/C13H9ClN2O/c1-8-2-5-12(17-8)9-3-4-11-10(6-9)13(14)16-7-15-11/h2-7H,1H3. The first-order chi connectivity index (χ1) is 8.24. The van der Waals surface area contributed by atoms with Crippen LogP contribution in [0.4, 0.5) is 0 Å². The molecule has 0 bridgehead atoms. The van der Waals surface area contributed by atoms with Crippen LogP contribution >= 0.6 is 11.6 Å². The SMILES string of the molecule is Cc1ccc(-c2ccc3ncnc(Cl)c3c2)o1. The lowest BCUT2D eigenvalue weighted by Crippen LogP contribution is -1.84. The fraction of sp³-hybridized carbons (Fsp3) is 0.0769. The van der Waals surface area contributed by atoms with Crippen LogP contribution in [0.2, 0.25) is 5.15 Å². The Morgan fingerprint density at radius 3 is 2.76 bits per heavy atom. The smallest absolute Gasteiger partial charge is 0.140 e. The molecule has 3 rings (SSSR count). The predicted molar refractivity (Wildman–Crippen MR) is 67.0 cm³/mol. The van der Waals surface area contributed by atoms with E-state index in [1.54, 1.807) is 0 Å². The van der Waals surface area contributed by atoms with Crippen molar-refractivity contribution in [2.75, 3.05) is 0 Å². The number of furan rings is 1. The van der Waals surface area contributed by atoms with Gasteiger partial charge in [-0.15, -0.1) is 0 Å². The number of rotatable bonds is 1. The van der Waals surface area contributed by atoms with Crippen LogP contribution in [0.3, 0.4) is 0 Å². The van der Waals surface area contributed by atoms with E-state index < -0.39 is 0 Å². The van der Waals surface area contributed by atoms with Gasteiger partial charge in [-0.3, -0.25) is 0 Å². The molecule has 3 aromatic rings. The second-order valence-electron chi connectivity index (χ2n) is 3.81. The largest absolute Gasteiger partial charge is 0.461 e. The molecule has 0 N–H and O–H groups in total. The van der Waals surface area contributed by atoms with Gasteiger partial charge in [0.15, 0.2) is 0 Å². The van der Waals surface area contributed by atoms with E-state index in [9.17, 15) is 0 Å². The highest BCUT2D eigenvalue weighted by molar-refractivity contribution is 6.34. The Morgan fingerprint density at radius 1 is 1.12 bits per heavy atom. The first kappa shape index (κ1) is 10.3. The Bertz CT molecular complexity index is 691. The molecule has 2 heterocycles. The number of hydrogen-bond acceptors (Lipinski definition) is 3.